The van der Waals surface area contributed by atoms with Crippen LogP contribution >= 0.6 is 0 Å². The van der Waals surface area contributed by atoms with Crippen LogP contribution in [0.3, 0.4) is 0 Å². The molecule has 2 aromatic carbocycles. The van der Waals surface area contributed by atoms with Gasteiger partial charge in [0.1, 0.15) is 0 Å². The smallest absolute Gasteiger partial charge is 0.253 e. The average molecular weight is 509 g/mol. The van der Waals surface area contributed by atoms with Crippen molar-refractivity contribution in [2.75, 3.05) is 23.7 Å². The molecule has 0 aromatic heterocycles. The van der Waals surface area contributed by atoms with Gasteiger partial charge in [-0.1, -0.05) is 57.4 Å². The summed E-state index contributed by atoms with van der Waals surface area (Å²) in [5.41, 5.74) is 1.98. The molecule has 0 radical (unpaired) electrons. The molecule has 8 heteroatoms. The van der Waals surface area contributed by atoms with Crippen LogP contribution in [0, 0.1) is 0 Å². The van der Waals surface area contributed by atoms with Gasteiger partial charge in [-0.15, -0.1) is 0 Å². The fraction of sp³-hybridized carbons (Fsp3) is 0.448. The molecule has 0 aliphatic carbocycles. The molecule has 0 spiro atoms. The van der Waals surface area contributed by atoms with Gasteiger partial charge in [0.15, 0.2) is 0 Å². The lowest BCUT2D eigenvalue weighted by atomic mass is 10.1. The van der Waals surface area contributed by atoms with Gasteiger partial charge in [-0.2, -0.15) is 0 Å². The number of para-hydroxylation sites is 2. The number of benzene rings is 2. The number of carbonyl (C=O) groups is 4. The predicted octanol–water partition coefficient (Wildman–Crippen LogP) is 5.27. The van der Waals surface area contributed by atoms with Crippen LogP contribution in [0.25, 0.3) is 0 Å². The van der Waals surface area contributed by atoms with Crippen molar-refractivity contribution in [1.29, 1.82) is 0 Å². The first-order valence-electron chi connectivity index (χ1n) is 13.3. The molecule has 8 nitrogen and oxygen atoms in total. The molecular weight excluding hydrogens is 468 g/mol. The standard InChI is InChI=1S/C29H40N4O4/c1-3-20-30-28(36)22-14-10-12-16-24(22)32-26(34)18-8-6-5-7-9-19-27(35)33-25-17-13-11-15-23(25)29(37)31-21-4-2/h10-17H,3-9,18-21H2,1-2H3,(H,30,36)(H,31,37)(H,32,34)(H,33,35). The van der Waals surface area contributed by atoms with E-state index in [9.17, 15) is 19.2 Å². The van der Waals surface area contributed by atoms with Crippen molar-refractivity contribution in [2.24, 2.45) is 0 Å². The summed E-state index contributed by atoms with van der Waals surface area (Å²) in [6.07, 6.45) is 6.61. The first kappa shape index (κ1) is 29.5. The molecule has 0 atom stereocenters. The average Bonchev–Trinajstić information content (AvgIpc) is 2.90. The molecule has 4 N–H and O–H groups in total. The Labute approximate surface area is 220 Å². The number of unbranched alkanes of at least 4 members (excludes halogenated alkanes) is 4. The van der Waals surface area contributed by atoms with E-state index in [1.807, 2.05) is 13.8 Å². The van der Waals surface area contributed by atoms with Crippen molar-refractivity contribution in [3.63, 3.8) is 0 Å². The minimum Gasteiger partial charge on any atom is -0.352 e. The molecular formula is C29H40N4O4. The van der Waals surface area contributed by atoms with E-state index in [0.29, 0.717) is 48.4 Å². The molecule has 4 amide bonds. The van der Waals surface area contributed by atoms with Crippen molar-refractivity contribution in [1.82, 2.24) is 10.6 Å². The Morgan fingerprint density at radius 2 is 0.946 bits per heavy atom. The van der Waals surface area contributed by atoms with E-state index in [2.05, 4.69) is 21.3 Å². The summed E-state index contributed by atoms with van der Waals surface area (Å²) in [5.74, 6) is -0.608. The van der Waals surface area contributed by atoms with Gasteiger partial charge in [0.2, 0.25) is 11.8 Å². The molecule has 2 rings (SSSR count). The van der Waals surface area contributed by atoms with Gasteiger partial charge in [0.05, 0.1) is 22.5 Å². The third kappa shape index (κ3) is 10.9. The van der Waals surface area contributed by atoms with Gasteiger partial charge in [-0.3, -0.25) is 19.2 Å². The van der Waals surface area contributed by atoms with Crippen molar-refractivity contribution in [3.8, 4) is 0 Å². The topological polar surface area (TPSA) is 116 Å². The quantitative estimate of drug-likeness (QED) is 0.231. The molecule has 37 heavy (non-hydrogen) atoms. The van der Waals surface area contributed by atoms with E-state index in [1.54, 1.807) is 48.5 Å². The Morgan fingerprint density at radius 1 is 0.568 bits per heavy atom. The maximum atomic E-state index is 12.4. The third-order valence-electron chi connectivity index (χ3n) is 5.77. The fourth-order valence-electron chi connectivity index (χ4n) is 3.77. The van der Waals surface area contributed by atoms with Gasteiger partial charge in [0, 0.05) is 25.9 Å². The molecule has 0 heterocycles. The number of rotatable bonds is 16. The van der Waals surface area contributed by atoms with Crippen LogP contribution in [0.2, 0.25) is 0 Å². The highest BCUT2D eigenvalue weighted by Crippen LogP contribution is 2.17. The Kier molecular flexibility index (Phi) is 13.5. The van der Waals surface area contributed by atoms with Crippen molar-refractivity contribution < 1.29 is 19.2 Å². The number of hydrogen-bond acceptors (Lipinski definition) is 4. The highest BCUT2D eigenvalue weighted by atomic mass is 16.2. The normalized spacial score (nSPS) is 10.4. The molecule has 0 saturated carbocycles. The van der Waals surface area contributed by atoms with E-state index in [-0.39, 0.29) is 23.6 Å². The van der Waals surface area contributed by atoms with Crippen LogP contribution in [-0.4, -0.2) is 36.7 Å². The zero-order valence-electron chi connectivity index (χ0n) is 22.0. The first-order chi connectivity index (χ1) is 18.0. The minimum absolute atomic E-state index is 0.114. The summed E-state index contributed by atoms with van der Waals surface area (Å²) in [5, 5.41) is 11.4. The Hall–Kier alpha value is -3.68. The largest absolute Gasteiger partial charge is 0.352 e. The molecule has 0 unspecified atom stereocenters. The van der Waals surface area contributed by atoms with E-state index in [1.165, 1.54) is 0 Å². The highest BCUT2D eigenvalue weighted by molar-refractivity contribution is 6.04. The number of nitrogens with one attached hydrogen (secondary N) is 4. The zero-order chi connectivity index (χ0) is 26.9. The lowest BCUT2D eigenvalue weighted by molar-refractivity contribution is -0.117. The maximum absolute atomic E-state index is 12.4. The summed E-state index contributed by atoms with van der Waals surface area (Å²) >= 11 is 0. The van der Waals surface area contributed by atoms with Crippen LogP contribution in [0.4, 0.5) is 11.4 Å². The Morgan fingerprint density at radius 3 is 1.35 bits per heavy atom. The van der Waals surface area contributed by atoms with E-state index >= 15 is 0 Å². The molecule has 200 valence electrons. The second-order valence-corrected chi connectivity index (χ2v) is 8.97. The lowest BCUT2D eigenvalue weighted by Crippen LogP contribution is -2.25. The predicted molar refractivity (Wildman–Crippen MR) is 148 cm³/mol. The minimum atomic E-state index is -0.190. The lowest BCUT2D eigenvalue weighted by Gasteiger charge is -2.11. The fourth-order valence-corrected chi connectivity index (χ4v) is 3.77. The van der Waals surface area contributed by atoms with Gasteiger partial charge < -0.3 is 21.3 Å². The van der Waals surface area contributed by atoms with Gasteiger partial charge in [0.25, 0.3) is 11.8 Å². The van der Waals surface area contributed by atoms with E-state index in [4.69, 9.17) is 0 Å². The summed E-state index contributed by atoms with van der Waals surface area (Å²) in [6.45, 7) is 5.15. The Balaban J connectivity index is 1.65. The SMILES string of the molecule is CCCNC(=O)c1ccccc1NC(=O)CCCCCCCC(=O)Nc1ccccc1C(=O)NCCC. The highest BCUT2D eigenvalue weighted by Gasteiger charge is 2.13. The van der Waals surface area contributed by atoms with E-state index < -0.39 is 0 Å². The van der Waals surface area contributed by atoms with Gasteiger partial charge in [-0.25, -0.2) is 0 Å². The molecule has 0 fully saturated rings. The summed E-state index contributed by atoms with van der Waals surface area (Å²) in [6, 6.07) is 14.0. The molecule has 0 aliphatic heterocycles. The van der Waals surface area contributed by atoms with Crippen molar-refractivity contribution >= 4 is 35.0 Å². The third-order valence-corrected chi connectivity index (χ3v) is 5.77. The summed E-state index contributed by atoms with van der Waals surface area (Å²) in [4.78, 5) is 49.3. The molecule has 2 aromatic rings. The van der Waals surface area contributed by atoms with Gasteiger partial charge in [-0.05, 0) is 49.9 Å². The van der Waals surface area contributed by atoms with Crippen molar-refractivity contribution in [2.45, 2.75) is 71.6 Å². The maximum Gasteiger partial charge on any atom is 0.253 e. The monoisotopic (exact) mass is 508 g/mol. The summed E-state index contributed by atoms with van der Waals surface area (Å²) in [7, 11) is 0. The second-order valence-electron chi connectivity index (χ2n) is 8.97. The number of anilines is 2. The molecule has 0 bridgehead atoms. The van der Waals surface area contributed by atoms with E-state index in [0.717, 1.165) is 44.9 Å². The zero-order valence-corrected chi connectivity index (χ0v) is 22.0. The Bertz CT molecular complexity index is 957. The summed E-state index contributed by atoms with van der Waals surface area (Å²) < 4.78 is 0. The van der Waals surface area contributed by atoms with Crippen LogP contribution in [0.15, 0.2) is 48.5 Å². The molecule has 0 aliphatic rings. The number of amides is 4. The van der Waals surface area contributed by atoms with Crippen LogP contribution in [-0.2, 0) is 9.59 Å². The van der Waals surface area contributed by atoms with Crippen LogP contribution in [0.1, 0.15) is 92.4 Å². The van der Waals surface area contributed by atoms with Gasteiger partial charge >= 0.3 is 0 Å². The molecule has 0 saturated heterocycles. The van der Waals surface area contributed by atoms with Crippen LogP contribution in [0.5, 0.6) is 0 Å². The second kappa shape index (κ2) is 16.9. The van der Waals surface area contributed by atoms with Crippen LogP contribution < -0.4 is 21.3 Å². The van der Waals surface area contributed by atoms with Crippen molar-refractivity contribution in [3.05, 3.63) is 59.7 Å². The number of carbonyl (C=O) groups excluding carboxylic acids is 4. The first-order valence-corrected chi connectivity index (χ1v) is 13.3. The number of hydrogen-bond donors (Lipinski definition) is 4.